The Labute approximate surface area is 75.9 Å². The number of rotatable bonds is 3. The maximum atomic E-state index is 10.7. The minimum Gasteiger partial charge on any atom is -0.496 e. The number of carboxylic acids is 1. The van der Waals surface area contributed by atoms with Crippen molar-refractivity contribution in [2.75, 3.05) is 7.11 Å². The topological polar surface area (TPSA) is 72.5 Å². The number of hydrogen-bond donors (Lipinski definition) is 2. The zero-order chi connectivity index (χ0) is 9.84. The molecule has 0 radical (unpaired) electrons. The lowest BCUT2D eigenvalue weighted by Crippen LogP contribution is -2.08. The van der Waals surface area contributed by atoms with E-state index in [1.807, 2.05) is 0 Å². The van der Waals surface area contributed by atoms with Gasteiger partial charge in [0.05, 0.1) is 12.7 Å². The van der Waals surface area contributed by atoms with Crippen LogP contribution in [0.5, 0.6) is 5.75 Å². The highest BCUT2D eigenvalue weighted by Crippen LogP contribution is 2.21. The van der Waals surface area contributed by atoms with Crippen molar-refractivity contribution < 1.29 is 14.6 Å². The van der Waals surface area contributed by atoms with Gasteiger partial charge in [0.1, 0.15) is 5.75 Å². The van der Waals surface area contributed by atoms with Crippen molar-refractivity contribution in [2.45, 2.75) is 6.54 Å². The highest BCUT2D eigenvalue weighted by Gasteiger charge is 2.12. The van der Waals surface area contributed by atoms with Crippen LogP contribution in [0.4, 0.5) is 0 Å². The van der Waals surface area contributed by atoms with Gasteiger partial charge in [-0.3, -0.25) is 0 Å². The van der Waals surface area contributed by atoms with Crippen molar-refractivity contribution in [3.05, 3.63) is 29.3 Å². The zero-order valence-electron chi connectivity index (χ0n) is 7.28. The number of benzene rings is 1. The van der Waals surface area contributed by atoms with Crippen LogP contribution in [0.1, 0.15) is 15.9 Å². The van der Waals surface area contributed by atoms with Crippen LogP contribution in [0.25, 0.3) is 0 Å². The van der Waals surface area contributed by atoms with E-state index in [1.165, 1.54) is 13.2 Å². The molecule has 0 saturated heterocycles. The van der Waals surface area contributed by atoms with E-state index in [0.717, 1.165) is 0 Å². The molecule has 0 heterocycles. The van der Waals surface area contributed by atoms with Crippen LogP contribution in [0.2, 0.25) is 0 Å². The Morgan fingerprint density at radius 2 is 2.31 bits per heavy atom. The summed E-state index contributed by atoms with van der Waals surface area (Å²) in [5, 5.41) is 8.81. The molecule has 0 atom stereocenters. The third-order valence-corrected chi connectivity index (χ3v) is 1.79. The van der Waals surface area contributed by atoms with Gasteiger partial charge < -0.3 is 15.6 Å². The Morgan fingerprint density at radius 1 is 1.62 bits per heavy atom. The minimum absolute atomic E-state index is 0.158. The standard InChI is InChI=1S/C9H11NO3/c1-13-8-4-2-3-6(9(11)12)7(8)5-10/h2-4H,5,10H2,1H3,(H,11,12). The van der Waals surface area contributed by atoms with Gasteiger partial charge in [-0.05, 0) is 12.1 Å². The summed E-state index contributed by atoms with van der Waals surface area (Å²) in [6.07, 6.45) is 0. The van der Waals surface area contributed by atoms with Crippen molar-refractivity contribution in [1.82, 2.24) is 0 Å². The van der Waals surface area contributed by atoms with Gasteiger partial charge in [-0.1, -0.05) is 6.07 Å². The van der Waals surface area contributed by atoms with Gasteiger partial charge in [0, 0.05) is 12.1 Å². The van der Waals surface area contributed by atoms with E-state index in [1.54, 1.807) is 12.1 Å². The fraction of sp³-hybridized carbons (Fsp3) is 0.222. The van der Waals surface area contributed by atoms with Gasteiger partial charge in [-0.15, -0.1) is 0 Å². The molecule has 0 aromatic heterocycles. The first-order chi connectivity index (χ1) is 6.20. The summed E-state index contributed by atoms with van der Waals surface area (Å²) in [7, 11) is 1.49. The monoisotopic (exact) mass is 181 g/mol. The maximum absolute atomic E-state index is 10.7. The molecule has 1 rings (SSSR count). The van der Waals surface area contributed by atoms with E-state index >= 15 is 0 Å². The first-order valence-corrected chi connectivity index (χ1v) is 3.80. The molecular weight excluding hydrogens is 170 g/mol. The van der Waals surface area contributed by atoms with Crippen LogP contribution >= 0.6 is 0 Å². The van der Waals surface area contributed by atoms with Gasteiger partial charge in [-0.25, -0.2) is 4.79 Å². The van der Waals surface area contributed by atoms with Gasteiger partial charge in [-0.2, -0.15) is 0 Å². The molecule has 0 spiro atoms. The summed E-state index contributed by atoms with van der Waals surface area (Å²) < 4.78 is 4.98. The first-order valence-electron chi connectivity index (χ1n) is 3.80. The van der Waals surface area contributed by atoms with E-state index in [-0.39, 0.29) is 12.1 Å². The molecular formula is C9H11NO3. The zero-order valence-corrected chi connectivity index (χ0v) is 7.28. The lowest BCUT2D eigenvalue weighted by molar-refractivity contribution is 0.0695. The Balaban J connectivity index is 3.27. The summed E-state index contributed by atoms with van der Waals surface area (Å²) in [5.41, 5.74) is 6.14. The number of carboxylic acid groups (broad SMARTS) is 1. The molecule has 0 aliphatic heterocycles. The molecule has 0 bridgehead atoms. The maximum Gasteiger partial charge on any atom is 0.336 e. The van der Waals surface area contributed by atoms with Crippen LogP contribution < -0.4 is 10.5 Å². The second-order valence-corrected chi connectivity index (χ2v) is 2.50. The number of nitrogens with two attached hydrogens (primary N) is 1. The molecule has 13 heavy (non-hydrogen) atoms. The summed E-state index contributed by atoms with van der Waals surface area (Å²) in [4.78, 5) is 10.7. The van der Waals surface area contributed by atoms with Crippen LogP contribution in [0, 0.1) is 0 Å². The normalized spacial score (nSPS) is 9.69. The molecule has 0 amide bonds. The number of ether oxygens (including phenoxy) is 1. The van der Waals surface area contributed by atoms with Crippen LogP contribution in [0.3, 0.4) is 0 Å². The highest BCUT2D eigenvalue weighted by atomic mass is 16.5. The Kier molecular flexibility index (Phi) is 2.87. The summed E-state index contributed by atoms with van der Waals surface area (Å²) in [5.74, 6) is -0.471. The predicted octanol–water partition coefficient (Wildman–Crippen LogP) is 0.852. The Bertz CT molecular complexity index is 323. The van der Waals surface area contributed by atoms with E-state index < -0.39 is 5.97 Å². The molecule has 70 valence electrons. The SMILES string of the molecule is COc1cccc(C(=O)O)c1CN. The summed E-state index contributed by atoms with van der Waals surface area (Å²) >= 11 is 0. The third-order valence-electron chi connectivity index (χ3n) is 1.79. The van der Waals surface area contributed by atoms with Crippen molar-refractivity contribution in [3.63, 3.8) is 0 Å². The average molecular weight is 181 g/mol. The molecule has 0 fully saturated rings. The van der Waals surface area contributed by atoms with E-state index in [0.29, 0.717) is 11.3 Å². The average Bonchev–Trinajstić information content (AvgIpc) is 2.16. The Morgan fingerprint density at radius 3 is 2.77 bits per heavy atom. The fourth-order valence-corrected chi connectivity index (χ4v) is 1.17. The molecule has 1 aromatic rings. The predicted molar refractivity (Wildman–Crippen MR) is 47.8 cm³/mol. The highest BCUT2D eigenvalue weighted by molar-refractivity contribution is 5.90. The Hall–Kier alpha value is -1.55. The number of aromatic carboxylic acids is 1. The van der Waals surface area contributed by atoms with Gasteiger partial charge in [0.25, 0.3) is 0 Å². The molecule has 4 heteroatoms. The fourth-order valence-electron chi connectivity index (χ4n) is 1.17. The largest absolute Gasteiger partial charge is 0.496 e. The molecule has 1 aromatic carbocycles. The van der Waals surface area contributed by atoms with Gasteiger partial charge >= 0.3 is 5.97 Å². The summed E-state index contributed by atoms with van der Waals surface area (Å²) in [6.45, 7) is 0.158. The van der Waals surface area contributed by atoms with Crippen LogP contribution in [0.15, 0.2) is 18.2 Å². The second kappa shape index (κ2) is 3.91. The van der Waals surface area contributed by atoms with E-state index in [9.17, 15) is 4.79 Å². The number of carbonyl (C=O) groups is 1. The second-order valence-electron chi connectivity index (χ2n) is 2.50. The van der Waals surface area contributed by atoms with Crippen molar-refractivity contribution in [2.24, 2.45) is 5.73 Å². The van der Waals surface area contributed by atoms with Crippen LogP contribution in [-0.4, -0.2) is 18.2 Å². The molecule has 0 aliphatic rings. The third kappa shape index (κ3) is 1.78. The molecule has 0 unspecified atom stereocenters. The van der Waals surface area contributed by atoms with Crippen molar-refractivity contribution in [1.29, 1.82) is 0 Å². The minimum atomic E-state index is -0.987. The first kappa shape index (κ1) is 9.54. The lowest BCUT2D eigenvalue weighted by Gasteiger charge is -2.08. The van der Waals surface area contributed by atoms with Gasteiger partial charge in [0.2, 0.25) is 0 Å². The molecule has 0 aliphatic carbocycles. The van der Waals surface area contributed by atoms with Crippen LogP contribution in [-0.2, 0) is 6.54 Å². The smallest absolute Gasteiger partial charge is 0.336 e. The number of hydrogen-bond acceptors (Lipinski definition) is 3. The summed E-state index contributed by atoms with van der Waals surface area (Å²) in [6, 6.07) is 4.82. The van der Waals surface area contributed by atoms with Crippen molar-refractivity contribution >= 4 is 5.97 Å². The quantitative estimate of drug-likeness (QED) is 0.725. The molecule has 3 N–H and O–H groups in total. The lowest BCUT2D eigenvalue weighted by atomic mass is 10.1. The van der Waals surface area contributed by atoms with Gasteiger partial charge in [0.15, 0.2) is 0 Å². The molecule has 0 saturated carbocycles. The number of methoxy groups -OCH3 is 1. The van der Waals surface area contributed by atoms with E-state index in [2.05, 4.69) is 0 Å². The van der Waals surface area contributed by atoms with Crippen molar-refractivity contribution in [3.8, 4) is 5.75 Å². The molecule has 4 nitrogen and oxygen atoms in total. The van der Waals surface area contributed by atoms with E-state index in [4.69, 9.17) is 15.6 Å².